The Balaban J connectivity index is 1.60. The zero-order valence-corrected chi connectivity index (χ0v) is 14.6. The molecule has 0 radical (unpaired) electrons. The van der Waals surface area contributed by atoms with Crippen LogP contribution < -0.4 is 14.4 Å². The van der Waals surface area contributed by atoms with Crippen molar-refractivity contribution in [1.29, 1.82) is 5.26 Å². The molecule has 1 aromatic heterocycles. The van der Waals surface area contributed by atoms with Gasteiger partial charge in [-0.1, -0.05) is 0 Å². The molecule has 3 rings (SSSR count). The minimum Gasteiger partial charge on any atom is -0.497 e. The van der Waals surface area contributed by atoms with Gasteiger partial charge in [-0.15, -0.1) is 0 Å². The second kappa shape index (κ2) is 7.86. The van der Waals surface area contributed by atoms with E-state index in [9.17, 15) is 0 Å². The number of nitrogens with zero attached hydrogens (tertiary/aromatic N) is 4. The summed E-state index contributed by atoms with van der Waals surface area (Å²) in [5.41, 5.74) is 1.77. The number of aromatic nitrogens is 1. The summed E-state index contributed by atoms with van der Waals surface area (Å²) in [6.07, 6.45) is 1.63. The number of piperazine rings is 1. The summed E-state index contributed by atoms with van der Waals surface area (Å²) in [7, 11) is 3.34. The number of hydrogen-bond donors (Lipinski definition) is 0. The Morgan fingerprint density at radius 2 is 1.72 bits per heavy atom. The minimum absolute atomic E-state index is 0.592. The van der Waals surface area contributed by atoms with Crippen LogP contribution in [0.1, 0.15) is 11.1 Å². The Kier molecular flexibility index (Phi) is 5.36. The summed E-state index contributed by atoms with van der Waals surface area (Å²) < 4.78 is 10.7. The molecule has 130 valence electrons. The van der Waals surface area contributed by atoms with Gasteiger partial charge in [-0.05, 0) is 29.8 Å². The van der Waals surface area contributed by atoms with Gasteiger partial charge in [0, 0.05) is 45.0 Å². The lowest BCUT2D eigenvalue weighted by atomic mass is 10.1. The molecular weight excluding hydrogens is 316 g/mol. The monoisotopic (exact) mass is 338 g/mol. The molecule has 0 unspecified atom stereocenters. The standard InChI is InChI=1S/C19H22N4O2/c1-24-17-9-16(10-18(11-17)25-2)14-22-5-7-23(8-6-22)19-4-3-15(12-20)13-21-19/h3-4,9-11,13H,5-8,14H2,1-2H3. The van der Waals surface area contributed by atoms with E-state index in [0.717, 1.165) is 50.0 Å². The summed E-state index contributed by atoms with van der Waals surface area (Å²) in [6.45, 7) is 4.62. The van der Waals surface area contributed by atoms with Gasteiger partial charge >= 0.3 is 0 Å². The third kappa shape index (κ3) is 4.20. The second-order valence-electron chi connectivity index (χ2n) is 6.00. The number of pyridine rings is 1. The van der Waals surface area contributed by atoms with Crippen LogP contribution >= 0.6 is 0 Å². The van der Waals surface area contributed by atoms with Crippen LogP contribution in [-0.4, -0.2) is 50.3 Å². The number of nitriles is 1. The van der Waals surface area contributed by atoms with Crippen LogP contribution in [-0.2, 0) is 6.54 Å². The molecule has 2 aromatic rings. The van der Waals surface area contributed by atoms with Gasteiger partial charge < -0.3 is 14.4 Å². The van der Waals surface area contributed by atoms with E-state index in [1.807, 2.05) is 18.2 Å². The SMILES string of the molecule is COc1cc(CN2CCN(c3ccc(C#N)cn3)CC2)cc(OC)c1. The molecule has 0 spiro atoms. The molecular formula is C19H22N4O2. The lowest BCUT2D eigenvalue weighted by molar-refractivity contribution is 0.248. The summed E-state index contributed by atoms with van der Waals surface area (Å²) >= 11 is 0. The van der Waals surface area contributed by atoms with Crippen LogP contribution in [0.5, 0.6) is 11.5 Å². The Morgan fingerprint density at radius 3 is 2.24 bits per heavy atom. The fourth-order valence-corrected chi connectivity index (χ4v) is 2.99. The number of anilines is 1. The smallest absolute Gasteiger partial charge is 0.128 e. The van der Waals surface area contributed by atoms with Gasteiger partial charge in [-0.2, -0.15) is 5.26 Å². The Labute approximate surface area is 148 Å². The number of hydrogen-bond acceptors (Lipinski definition) is 6. The first-order chi connectivity index (χ1) is 12.2. The predicted molar refractivity (Wildman–Crippen MR) is 96.0 cm³/mol. The van der Waals surface area contributed by atoms with E-state index in [0.29, 0.717) is 5.56 Å². The van der Waals surface area contributed by atoms with Crippen molar-refractivity contribution in [1.82, 2.24) is 9.88 Å². The Bertz CT molecular complexity index is 725. The maximum absolute atomic E-state index is 8.86. The van der Waals surface area contributed by atoms with Crippen LogP contribution in [0.15, 0.2) is 36.5 Å². The van der Waals surface area contributed by atoms with Crippen molar-refractivity contribution in [3.63, 3.8) is 0 Å². The third-order valence-electron chi connectivity index (χ3n) is 4.39. The minimum atomic E-state index is 0.592. The van der Waals surface area contributed by atoms with E-state index < -0.39 is 0 Å². The number of benzene rings is 1. The maximum atomic E-state index is 8.86. The molecule has 1 saturated heterocycles. The van der Waals surface area contributed by atoms with E-state index in [1.54, 1.807) is 20.4 Å². The molecule has 1 aliphatic heterocycles. The fraction of sp³-hybridized carbons (Fsp3) is 0.368. The van der Waals surface area contributed by atoms with Gasteiger partial charge in [-0.3, -0.25) is 4.90 Å². The molecule has 1 aromatic carbocycles. The molecule has 0 saturated carbocycles. The number of rotatable bonds is 5. The average Bonchev–Trinajstić information content (AvgIpc) is 2.68. The van der Waals surface area contributed by atoms with E-state index in [2.05, 4.69) is 33.0 Å². The fourth-order valence-electron chi connectivity index (χ4n) is 2.99. The topological polar surface area (TPSA) is 61.6 Å². The second-order valence-corrected chi connectivity index (χ2v) is 6.00. The highest BCUT2D eigenvalue weighted by Crippen LogP contribution is 2.24. The highest BCUT2D eigenvalue weighted by molar-refractivity contribution is 5.42. The first-order valence-electron chi connectivity index (χ1n) is 8.27. The normalized spacial score (nSPS) is 14.8. The van der Waals surface area contributed by atoms with Gasteiger partial charge in [0.15, 0.2) is 0 Å². The number of ether oxygens (including phenoxy) is 2. The van der Waals surface area contributed by atoms with E-state index >= 15 is 0 Å². The van der Waals surface area contributed by atoms with Gasteiger partial charge in [0.1, 0.15) is 23.4 Å². The highest BCUT2D eigenvalue weighted by Gasteiger charge is 2.18. The van der Waals surface area contributed by atoms with Crippen molar-refractivity contribution >= 4 is 5.82 Å². The Hall–Kier alpha value is -2.78. The van der Waals surface area contributed by atoms with Crippen molar-refractivity contribution < 1.29 is 9.47 Å². The largest absolute Gasteiger partial charge is 0.497 e. The van der Waals surface area contributed by atoms with Crippen LogP contribution in [0.4, 0.5) is 5.82 Å². The van der Waals surface area contributed by atoms with Crippen LogP contribution in [0, 0.1) is 11.3 Å². The molecule has 2 heterocycles. The molecule has 6 nitrogen and oxygen atoms in total. The van der Waals surface area contributed by atoms with Crippen molar-refractivity contribution in [3.8, 4) is 17.6 Å². The molecule has 0 aliphatic carbocycles. The van der Waals surface area contributed by atoms with E-state index in [-0.39, 0.29) is 0 Å². The zero-order valence-electron chi connectivity index (χ0n) is 14.6. The lowest BCUT2D eigenvalue weighted by Gasteiger charge is -2.35. The molecule has 1 aliphatic rings. The third-order valence-corrected chi connectivity index (χ3v) is 4.39. The van der Waals surface area contributed by atoms with Gasteiger partial charge in [0.05, 0.1) is 19.8 Å². The van der Waals surface area contributed by atoms with Crippen molar-refractivity contribution in [3.05, 3.63) is 47.7 Å². The van der Waals surface area contributed by atoms with E-state index in [4.69, 9.17) is 14.7 Å². The predicted octanol–water partition coefficient (Wildman–Crippen LogP) is 2.29. The number of methoxy groups -OCH3 is 2. The highest BCUT2D eigenvalue weighted by atomic mass is 16.5. The first kappa shape index (κ1) is 17.1. The summed E-state index contributed by atoms with van der Waals surface area (Å²) in [5.74, 6) is 2.56. The van der Waals surface area contributed by atoms with Crippen LogP contribution in [0.2, 0.25) is 0 Å². The summed E-state index contributed by atoms with van der Waals surface area (Å²) in [6, 6.07) is 11.8. The summed E-state index contributed by atoms with van der Waals surface area (Å²) in [4.78, 5) is 9.04. The molecule has 0 N–H and O–H groups in total. The summed E-state index contributed by atoms with van der Waals surface area (Å²) in [5, 5.41) is 8.86. The van der Waals surface area contributed by atoms with Crippen molar-refractivity contribution in [2.45, 2.75) is 6.54 Å². The van der Waals surface area contributed by atoms with Crippen LogP contribution in [0.3, 0.4) is 0 Å². The quantitative estimate of drug-likeness (QED) is 0.834. The first-order valence-corrected chi connectivity index (χ1v) is 8.27. The van der Waals surface area contributed by atoms with Crippen molar-refractivity contribution in [2.24, 2.45) is 0 Å². The molecule has 0 bridgehead atoms. The molecule has 1 fully saturated rings. The Morgan fingerprint density at radius 1 is 1.04 bits per heavy atom. The van der Waals surface area contributed by atoms with Crippen molar-refractivity contribution in [2.75, 3.05) is 45.3 Å². The molecule has 25 heavy (non-hydrogen) atoms. The molecule has 0 atom stereocenters. The van der Waals surface area contributed by atoms with Crippen LogP contribution in [0.25, 0.3) is 0 Å². The van der Waals surface area contributed by atoms with E-state index in [1.165, 1.54) is 5.56 Å². The maximum Gasteiger partial charge on any atom is 0.128 e. The lowest BCUT2D eigenvalue weighted by Crippen LogP contribution is -2.46. The van der Waals surface area contributed by atoms with Gasteiger partial charge in [0.25, 0.3) is 0 Å². The van der Waals surface area contributed by atoms with Gasteiger partial charge in [-0.25, -0.2) is 4.98 Å². The average molecular weight is 338 g/mol. The van der Waals surface area contributed by atoms with Gasteiger partial charge in [0.2, 0.25) is 0 Å². The molecule has 6 heteroatoms. The zero-order chi connectivity index (χ0) is 17.6. The molecule has 0 amide bonds.